The van der Waals surface area contributed by atoms with Crippen LogP contribution in [0.25, 0.3) is 38.2 Å². The molecule has 33 heavy (non-hydrogen) atoms. The van der Waals surface area contributed by atoms with Crippen molar-refractivity contribution in [3.63, 3.8) is 0 Å². The zero-order chi connectivity index (χ0) is 22.4. The molecule has 0 bridgehead atoms. The minimum absolute atomic E-state index is 0.817. The summed E-state index contributed by atoms with van der Waals surface area (Å²) in [4.78, 5) is 18.7. The van der Waals surface area contributed by atoms with Gasteiger partial charge in [-0.05, 0) is 59.7 Å². The molecular weight excluding hydrogens is 426 g/mol. The molecule has 5 heterocycles. The van der Waals surface area contributed by atoms with Crippen LogP contribution in [-0.2, 0) is 0 Å². The second kappa shape index (κ2) is 7.98. The number of benzene rings is 1. The second-order valence-corrected chi connectivity index (χ2v) is 9.23. The molecule has 1 aromatic carbocycles. The summed E-state index contributed by atoms with van der Waals surface area (Å²) in [6.07, 6.45) is 8.51. The molecule has 0 aliphatic carbocycles. The predicted octanol–water partition coefficient (Wildman–Crippen LogP) is 6.69. The number of hydrogen-bond donors (Lipinski definition) is 2. The van der Waals surface area contributed by atoms with E-state index >= 15 is 0 Å². The second-order valence-electron chi connectivity index (χ2n) is 8.28. The fourth-order valence-corrected chi connectivity index (χ4v) is 5.32. The van der Waals surface area contributed by atoms with Gasteiger partial charge in [0.15, 0.2) is 0 Å². The molecule has 5 aromatic rings. The molecule has 0 saturated carbocycles. The molecule has 0 fully saturated rings. The van der Waals surface area contributed by atoms with Crippen LogP contribution in [-0.4, -0.2) is 26.5 Å². The average Bonchev–Trinajstić information content (AvgIpc) is 3.53. The van der Waals surface area contributed by atoms with Crippen LogP contribution in [0.4, 0.5) is 5.69 Å². The number of imidazole rings is 1. The number of thiophene rings is 1. The molecule has 0 saturated heterocycles. The van der Waals surface area contributed by atoms with Crippen molar-refractivity contribution in [2.45, 2.75) is 20.3 Å². The fourth-order valence-electron chi connectivity index (χ4n) is 4.58. The number of H-pyrrole nitrogens is 1. The molecule has 4 aromatic heterocycles. The Morgan fingerprint density at radius 3 is 2.73 bits per heavy atom. The van der Waals surface area contributed by atoms with Crippen molar-refractivity contribution in [1.82, 2.24) is 19.9 Å². The molecule has 6 rings (SSSR count). The number of hydrogen-bond acceptors (Lipinski definition) is 5. The maximum atomic E-state index is 5.12. The van der Waals surface area contributed by atoms with E-state index < -0.39 is 0 Å². The minimum Gasteiger partial charge on any atom is -0.381 e. The summed E-state index contributed by atoms with van der Waals surface area (Å²) in [5.41, 5.74) is 11.3. The van der Waals surface area contributed by atoms with E-state index in [1.807, 2.05) is 24.8 Å². The Morgan fingerprint density at radius 2 is 1.91 bits per heavy atom. The van der Waals surface area contributed by atoms with Gasteiger partial charge in [-0.3, -0.25) is 9.97 Å². The first-order chi connectivity index (χ1) is 16.2. The van der Waals surface area contributed by atoms with Crippen molar-refractivity contribution in [1.29, 1.82) is 0 Å². The van der Waals surface area contributed by atoms with Gasteiger partial charge in [0.1, 0.15) is 11.3 Å². The molecule has 1 aliphatic rings. The number of pyridine rings is 2. The predicted molar refractivity (Wildman–Crippen MR) is 136 cm³/mol. The van der Waals surface area contributed by atoms with Crippen molar-refractivity contribution in [3.8, 4) is 21.6 Å². The number of nitrogens with zero attached hydrogens (tertiary/aromatic N) is 3. The Kier molecular flexibility index (Phi) is 4.80. The first kappa shape index (κ1) is 19.9. The molecule has 162 valence electrons. The zero-order valence-electron chi connectivity index (χ0n) is 18.5. The Morgan fingerprint density at radius 1 is 1.00 bits per heavy atom. The van der Waals surface area contributed by atoms with E-state index in [2.05, 4.69) is 75.9 Å². The summed E-state index contributed by atoms with van der Waals surface area (Å²) >= 11 is 1.71. The average molecular weight is 450 g/mol. The van der Waals surface area contributed by atoms with Gasteiger partial charge in [0.05, 0.1) is 11.7 Å². The van der Waals surface area contributed by atoms with Crippen LogP contribution >= 0.6 is 11.3 Å². The van der Waals surface area contributed by atoms with Crippen LogP contribution in [0, 0.1) is 6.92 Å². The van der Waals surface area contributed by atoms with Crippen LogP contribution in [0.15, 0.2) is 72.1 Å². The van der Waals surface area contributed by atoms with Crippen molar-refractivity contribution >= 4 is 33.6 Å². The van der Waals surface area contributed by atoms with Crippen LogP contribution in [0.3, 0.4) is 0 Å². The standard InChI is InChI=1S/C27H23N5S/c1-3-17-12-30-22-7-6-18(20-13-28-9-8-16(20)2)11-19(22)25(17)27-31-23-15-29-14-21(26(23)32-27)24-5-4-10-33-24/h4-11,13-15,30H,3,12H2,1-2H3,(H,31,32). The molecule has 0 atom stereocenters. The van der Waals surface area contributed by atoms with Crippen LogP contribution in [0.2, 0.25) is 0 Å². The molecule has 5 nitrogen and oxygen atoms in total. The van der Waals surface area contributed by atoms with E-state index in [-0.39, 0.29) is 0 Å². The first-order valence-electron chi connectivity index (χ1n) is 11.1. The summed E-state index contributed by atoms with van der Waals surface area (Å²) < 4.78 is 0. The highest BCUT2D eigenvalue weighted by Crippen LogP contribution is 2.40. The van der Waals surface area contributed by atoms with E-state index in [9.17, 15) is 0 Å². The normalized spacial score (nSPS) is 13.3. The SMILES string of the molecule is CCC1=C(c2nc3c(-c4cccs4)cncc3[nH]2)c2cc(-c3cnccc3C)ccc2NC1. The van der Waals surface area contributed by atoms with Crippen molar-refractivity contribution in [2.24, 2.45) is 0 Å². The minimum atomic E-state index is 0.817. The Balaban J connectivity index is 1.55. The van der Waals surface area contributed by atoms with Gasteiger partial charge in [-0.2, -0.15) is 0 Å². The van der Waals surface area contributed by atoms with Gasteiger partial charge in [-0.25, -0.2) is 4.98 Å². The summed E-state index contributed by atoms with van der Waals surface area (Å²) in [6, 6.07) is 12.8. The van der Waals surface area contributed by atoms with Crippen molar-refractivity contribution in [3.05, 3.63) is 89.1 Å². The maximum absolute atomic E-state index is 5.12. The highest BCUT2D eigenvalue weighted by atomic mass is 32.1. The molecular formula is C27H23N5S. The van der Waals surface area contributed by atoms with E-state index in [0.717, 1.165) is 52.2 Å². The van der Waals surface area contributed by atoms with Crippen molar-refractivity contribution < 1.29 is 0 Å². The topological polar surface area (TPSA) is 66.5 Å². The molecule has 2 N–H and O–H groups in total. The highest BCUT2D eigenvalue weighted by molar-refractivity contribution is 7.13. The summed E-state index contributed by atoms with van der Waals surface area (Å²) in [5, 5.41) is 5.69. The van der Waals surface area contributed by atoms with Crippen molar-refractivity contribution in [2.75, 3.05) is 11.9 Å². The Bertz CT molecular complexity index is 1510. The van der Waals surface area contributed by atoms with E-state index in [1.165, 1.54) is 27.2 Å². The smallest absolute Gasteiger partial charge is 0.139 e. The van der Waals surface area contributed by atoms with Gasteiger partial charge < -0.3 is 10.3 Å². The summed E-state index contributed by atoms with van der Waals surface area (Å²) in [7, 11) is 0. The first-order valence-corrected chi connectivity index (χ1v) is 12.0. The number of rotatable bonds is 4. The zero-order valence-corrected chi connectivity index (χ0v) is 19.3. The highest BCUT2D eigenvalue weighted by Gasteiger charge is 2.23. The molecule has 0 unspecified atom stereocenters. The lowest BCUT2D eigenvalue weighted by atomic mass is 9.90. The number of aryl methyl sites for hydroxylation is 1. The van der Waals surface area contributed by atoms with E-state index in [0.29, 0.717) is 0 Å². The Labute approximate surface area is 196 Å². The monoisotopic (exact) mass is 449 g/mol. The summed E-state index contributed by atoms with van der Waals surface area (Å²) in [5.74, 6) is 0.899. The quantitative estimate of drug-likeness (QED) is 0.321. The third-order valence-electron chi connectivity index (χ3n) is 6.33. The van der Waals surface area contributed by atoms with Crippen LogP contribution < -0.4 is 5.32 Å². The third-order valence-corrected chi connectivity index (χ3v) is 7.23. The molecule has 0 spiro atoms. The third kappa shape index (κ3) is 3.34. The lowest BCUT2D eigenvalue weighted by Gasteiger charge is -2.24. The molecule has 0 radical (unpaired) electrons. The maximum Gasteiger partial charge on any atom is 0.139 e. The van der Waals surface area contributed by atoms with Gasteiger partial charge in [0.25, 0.3) is 0 Å². The molecule has 1 aliphatic heterocycles. The van der Waals surface area contributed by atoms with E-state index in [4.69, 9.17) is 4.98 Å². The summed E-state index contributed by atoms with van der Waals surface area (Å²) in [6.45, 7) is 5.15. The fraction of sp³-hybridized carbons (Fsp3) is 0.148. The number of aromatic nitrogens is 4. The Hall–Kier alpha value is -3.77. The number of nitrogens with one attached hydrogen (secondary N) is 2. The molecule has 0 amide bonds. The van der Waals surface area contributed by atoms with Gasteiger partial charge in [0, 0.05) is 58.0 Å². The van der Waals surface area contributed by atoms with E-state index in [1.54, 1.807) is 11.3 Å². The van der Waals surface area contributed by atoms with Gasteiger partial charge in [-0.1, -0.05) is 19.1 Å². The lowest BCUT2D eigenvalue weighted by Crippen LogP contribution is -2.15. The van der Waals surface area contributed by atoms with Gasteiger partial charge >= 0.3 is 0 Å². The number of aromatic amines is 1. The number of anilines is 1. The van der Waals surface area contributed by atoms with Crippen LogP contribution in [0.5, 0.6) is 0 Å². The largest absolute Gasteiger partial charge is 0.381 e. The lowest BCUT2D eigenvalue weighted by molar-refractivity contribution is 1.02. The molecule has 6 heteroatoms. The van der Waals surface area contributed by atoms with Crippen LogP contribution in [0.1, 0.15) is 30.3 Å². The van der Waals surface area contributed by atoms with Gasteiger partial charge in [-0.15, -0.1) is 11.3 Å². The number of fused-ring (bicyclic) bond motifs is 2. The van der Waals surface area contributed by atoms with Gasteiger partial charge in [0.2, 0.25) is 0 Å².